The lowest BCUT2D eigenvalue weighted by molar-refractivity contribution is -0.117. The number of amides is 1. The lowest BCUT2D eigenvalue weighted by Gasteiger charge is -2.18. The number of rotatable bonds is 9. The predicted molar refractivity (Wildman–Crippen MR) is 117 cm³/mol. The van der Waals surface area contributed by atoms with Crippen LogP contribution < -0.4 is 19.5 Å². The summed E-state index contributed by atoms with van der Waals surface area (Å²) < 4.78 is 16.5. The topological polar surface area (TPSA) is 60.0 Å². The summed E-state index contributed by atoms with van der Waals surface area (Å²) in [5.41, 5.74) is 1.65. The van der Waals surface area contributed by atoms with Crippen LogP contribution in [-0.2, 0) is 11.3 Å². The molecule has 3 aromatic rings. The summed E-state index contributed by atoms with van der Waals surface area (Å²) in [6.07, 6.45) is 0. The van der Waals surface area contributed by atoms with Crippen molar-refractivity contribution in [2.24, 2.45) is 0 Å². The summed E-state index contributed by atoms with van der Waals surface area (Å²) in [6, 6.07) is 22.6. The number of para-hydroxylation sites is 3. The number of nitrogens with zero attached hydrogens (tertiary/aromatic N) is 1. The maximum Gasteiger partial charge on any atom is 0.238 e. The Morgan fingerprint density at radius 1 is 0.867 bits per heavy atom. The summed E-state index contributed by atoms with van der Waals surface area (Å²) in [5.74, 6) is 2.53. The van der Waals surface area contributed by atoms with Gasteiger partial charge in [-0.1, -0.05) is 36.4 Å². The van der Waals surface area contributed by atoms with Crippen molar-refractivity contribution in [2.45, 2.75) is 6.54 Å². The van der Waals surface area contributed by atoms with Crippen molar-refractivity contribution in [1.82, 2.24) is 4.90 Å². The maximum atomic E-state index is 12.6. The molecule has 6 nitrogen and oxygen atoms in total. The molecule has 0 spiro atoms. The van der Waals surface area contributed by atoms with Gasteiger partial charge in [-0.05, 0) is 49.0 Å². The van der Waals surface area contributed by atoms with E-state index in [-0.39, 0.29) is 12.5 Å². The quantitative estimate of drug-likeness (QED) is 0.564. The van der Waals surface area contributed by atoms with Gasteiger partial charge in [-0.2, -0.15) is 0 Å². The molecule has 0 aliphatic heterocycles. The fraction of sp³-hybridized carbons (Fsp3) is 0.208. The standard InChI is InChI=1S/C24H26N2O4/c1-26(16-18-13-14-22(28-2)23(15-18)29-3)17-24(27)25-20-11-7-8-12-21(20)30-19-9-5-4-6-10-19/h4-15H,16-17H2,1-3H3,(H,25,27). The Morgan fingerprint density at radius 2 is 1.57 bits per heavy atom. The zero-order valence-corrected chi connectivity index (χ0v) is 17.4. The number of hydrogen-bond donors (Lipinski definition) is 1. The Morgan fingerprint density at radius 3 is 2.30 bits per heavy atom. The molecular weight excluding hydrogens is 380 g/mol. The van der Waals surface area contributed by atoms with Crippen LogP contribution >= 0.6 is 0 Å². The van der Waals surface area contributed by atoms with Gasteiger partial charge in [0.1, 0.15) is 5.75 Å². The normalized spacial score (nSPS) is 10.5. The molecule has 30 heavy (non-hydrogen) atoms. The molecule has 0 radical (unpaired) electrons. The number of carbonyl (C=O) groups is 1. The second kappa shape index (κ2) is 10.3. The molecule has 156 valence electrons. The first-order chi connectivity index (χ1) is 14.6. The molecule has 3 rings (SSSR count). The van der Waals surface area contributed by atoms with E-state index in [1.807, 2.05) is 84.7 Å². The molecule has 0 bridgehead atoms. The van der Waals surface area contributed by atoms with Crippen LogP contribution in [0.1, 0.15) is 5.56 Å². The van der Waals surface area contributed by atoms with Crippen LogP contribution in [0.5, 0.6) is 23.0 Å². The van der Waals surface area contributed by atoms with Crippen molar-refractivity contribution < 1.29 is 19.0 Å². The molecule has 0 unspecified atom stereocenters. The minimum absolute atomic E-state index is 0.123. The molecular formula is C24H26N2O4. The van der Waals surface area contributed by atoms with Crippen LogP contribution in [0.3, 0.4) is 0 Å². The van der Waals surface area contributed by atoms with Gasteiger partial charge in [0.25, 0.3) is 0 Å². The van der Waals surface area contributed by atoms with Gasteiger partial charge >= 0.3 is 0 Å². The van der Waals surface area contributed by atoms with Crippen molar-refractivity contribution in [3.63, 3.8) is 0 Å². The molecule has 0 aliphatic carbocycles. The summed E-state index contributed by atoms with van der Waals surface area (Å²) in [7, 11) is 5.10. The number of likely N-dealkylation sites (N-methyl/N-ethyl adjacent to an activating group) is 1. The van der Waals surface area contributed by atoms with Crippen molar-refractivity contribution in [2.75, 3.05) is 33.1 Å². The van der Waals surface area contributed by atoms with E-state index >= 15 is 0 Å². The lowest BCUT2D eigenvalue weighted by Crippen LogP contribution is -2.29. The first-order valence-corrected chi connectivity index (χ1v) is 9.60. The number of methoxy groups -OCH3 is 2. The maximum absolute atomic E-state index is 12.6. The average Bonchev–Trinajstić information content (AvgIpc) is 2.75. The lowest BCUT2D eigenvalue weighted by atomic mass is 10.2. The van der Waals surface area contributed by atoms with Gasteiger partial charge in [-0.25, -0.2) is 0 Å². The highest BCUT2D eigenvalue weighted by molar-refractivity contribution is 5.93. The SMILES string of the molecule is COc1ccc(CN(C)CC(=O)Nc2ccccc2Oc2ccccc2)cc1OC. The van der Waals surface area contributed by atoms with Gasteiger partial charge in [0, 0.05) is 6.54 Å². The molecule has 0 fully saturated rings. The van der Waals surface area contributed by atoms with Crippen LogP contribution in [0.2, 0.25) is 0 Å². The van der Waals surface area contributed by atoms with E-state index in [0.717, 1.165) is 5.56 Å². The molecule has 0 atom stereocenters. The number of carbonyl (C=O) groups excluding carboxylic acids is 1. The molecule has 6 heteroatoms. The zero-order valence-electron chi connectivity index (χ0n) is 17.4. The van der Waals surface area contributed by atoms with E-state index in [1.54, 1.807) is 14.2 Å². The molecule has 0 saturated heterocycles. The third-order valence-electron chi connectivity index (χ3n) is 4.45. The second-order valence-electron chi connectivity index (χ2n) is 6.82. The van der Waals surface area contributed by atoms with Crippen LogP contribution in [0, 0.1) is 0 Å². The van der Waals surface area contributed by atoms with E-state index in [9.17, 15) is 4.79 Å². The number of anilines is 1. The zero-order chi connectivity index (χ0) is 21.3. The van der Waals surface area contributed by atoms with Crippen LogP contribution in [0.15, 0.2) is 72.8 Å². The third kappa shape index (κ3) is 5.75. The van der Waals surface area contributed by atoms with Crippen molar-refractivity contribution in [3.8, 4) is 23.0 Å². The van der Waals surface area contributed by atoms with Gasteiger partial charge < -0.3 is 19.5 Å². The fourth-order valence-corrected chi connectivity index (χ4v) is 3.06. The van der Waals surface area contributed by atoms with Gasteiger partial charge in [-0.15, -0.1) is 0 Å². The minimum Gasteiger partial charge on any atom is -0.493 e. The molecule has 1 amide bonds. The fourth-order valence-electron chi connectivity index (χ4n) is 3.06. The summed E-state index contributed by atoms with van der Waals surface area (Å²) >= 11 is 0. The second-order valence-corrected chi connectivity index (χ2v) is 6.82. The largest absolute Gasteiger partial charge is 0.493 e. The average molecular weight is 406 g/mol. The molecule has 3 aromatic carbocycles. The predicted octanol–water partition coefficient (Wildman–Crippen LogP) is 4.57. The van der Waals surface area contributed by atoms with Crippen LogP contribution in [0.4, 0.5) is 5.69 Å². The number of nitrogens with one attached hydrogen (secondary N) is 1. The number of hydrogen-bond acceptors (Lipinski definition) is 5. The molecule has 0 saturated carbocycles. The summed E-state index contributed by atoms with van der Waals surface area (Å²) in [6.45, 7) is 0.823. The van der Waals surface area contributed by atoms with Crippen molar-refractivity contribution >= 4 is 11.6 Å². The monoisotopic (exact) mass is 406 g/mol. The smallest absolute Gasteiger partial charge is 0.238 e. The highest BCUT2D eigenvalue weighted by Gasteiger charge is 2.12. The van der Waals surface area contributed by atoms with Crippen LogP contribution in [-0.4, -0.2) is 38.6 Å². The van der Waals surface area contributed by atoms with Gasteiger partial charge in [0.2, 0.25) is 5.91 Å². The van der Waals surface area contributed by atoms with Gasteiger partial charge in [0.15, 0.2) is 17.2 Å². The van der Waals surface area contributed by atoms with Gasteiger partial charge in [-0.3, -0.25) is 9.69 Å². The van der Waals surface area contributed by atoms with E-state index in [2.05, 4.69) is 5.32 Å². The summed E-state index contributed by atoms with van der Waals surface area (Å²) in [5, 5.41) is 2.94. The van der Waals surface area contributed by atoms with Crippen molar-refractivity contribution in [1.29, 1.82) is 0 Å². The van der Waals surface area contributed by atoms with E-state index in [4.69, 9.17) is 14.2 Å². The molecule has 0 aromatic heterocycles. The van der Waals surface area contributed by atoms with E-state index in [1.165, 1.54) is 0 Å². The Balaban J connectivity index is 1.60. The number of benzene rings is 3. The van der Waals surface area contributed by atoms with E-state index in [0.29, 0.717) is 35.2 Å². The first kappa shape index (κ1) is 21.2. The Bertz CT molecular complexity index is 976. The Kier molecular flexibility index (Phi) is 7.29. The molecule has 0 heterocycles. The summed E-state index contributed by atoms with van der Waals surface area (Å²) in [4.78, 5) is 14.5. The molecule has 0 aliphatic rings. The first-order valence-electron chi connectivity index (χ1n) is 9.60. The molecule has 1 N–H and O–H groups in total. The van der Waals surface area contributed by atoms with Crippen molar-refractivity contribution in [3.05, 3.63) is 78.4 Å². The minimum atomic E-state index is -0.123. The van der Waals surface area contributed by atoms with Crippen LogP contribution in [0.25, 0.3) is 0 Å². The van der Waals surface area contributed by atoms with E-state index < -0.39 is 0 Å². The third-order valence-corrected chi connectivity index (χ3v) is 4.45. The highest BCUT2D eigenvalue weighted by atomic mass is 16.5. The van der Waals surface area contributed by atoms with Gasteiger partial charge in [0.05, 0.1) is 26.5 Å². The highest BCUT2D eigenvalue weighted by Crippen LogP contribution is 2.29. The Hall–Kier alpha value is -3.51. The Labute approximate surface area is 177 Å². The number of ether oxygens (including phenoxy) is 3.